The summed E-state index contributed by atoms with van der Waals surface area (Å²) in [6, 6.07) is 8.44. The molecule has 4 heteroatoms. The summed E-state index contributed by atoms with van der Waals surface area (Å²) in [6.07, 6.45) is 5.17. The van der Waals surface area contributed by atoms with Crippen molar-refractivity contribution in [1.29, 1.82) is 0 Å². The summed E-state index contributed by atoms with van der Waals surface area (Å²) in [4.78, 5) is 14.8. The average Bonchev–Trinajstić information content (AvgIpc) is 2.45. The minimum atomic E-state index is -0.327. The molecule has 2 aliphatic rings. The summed E-state index contributed by atoms with van der Waals surface area (Å²) < 4.78 is 0. The molecule has 116 valence electrons. The Kier molecular flexibility index (Phi) is 4.95. The van der Waals surface area contributed by atoms with Gasteiger partial charge in [0.2, 0.25) is 5.91 Å². The number of hydrogen-bond donors (Lipinski definition) is 1. The molecular formula is C17H25ClN2O. The van der Waals surface area contributed by atoms with Crippen LogP contribution < -0.4 is 5.73 Å². The van der Waals surface area contributed by atoms with Crippen LogP contribution in [0.15, 0.2) is 24.3 Å². The maximum absolute atomic E-state index is 12.8. The van der Waals surface area contributed by atoms with E-state index in [2.05, 4.69) is 24.3 Å². The third-order valence-corrected chi connectivity index (χ3v) is 4.99. The molecule has 3 nitrogen and oxygen atoms in total. The molecule has 1 aliphatic carbocycles. The predicted octanol–water partition coefficient (Wildman–Crippen LogP) is 2.90. The Labute approximate surface area is 133 Å². The van der Waals surface area contributed by atoms with Gasteiger partial charge in [-0.1, -0.05) is 37.1 Å². The number of amides is 1. The van der Waals surface area contributed by atoms with Gasteiger partial charge in [-0.2, -0.15) is 0 Å². The van der Waals surface area contributed by atoms with E-state index in [4.69, 9.17) is 5.73 Å². The topological polar surface area (TPSA) is 46.3 Å². The molecule has 0 radical (unpaired) electrons. The van der Waals surface area contributed by atoms with E-state index in [0.29, 0.717) is 0 Å². The van der Waals surface area contributed by atoms with E-state index >= 15 is 0 Å². The van der Waals surface area contributed by atoms with Crippen LogP contribution in [0.2, 0.25) is 0 Å². The highest BCUT2D eigenvalue weighted by Crippen LogP contribution is 2.34. The highest BCUT2D eigenvalue weighted by atomic mass is 35.5. The molecule has 1 aromatic carbocycles. The quantitative estimate of drug-likeness (QED) is 0.867. The molecule has 1 aromatic rings. The Morgan fingerprint density at radius 3 is 2.71 bits per heavy atom. The van der Waals surface area contributed by atoms with E-state index in [1.807, 2.05) is 11.8 Å². The highest BCUT2D eigenvalue weighted by Gasteiger charge is 2.40. The summed E-state index contributed by atoms with van der Waals surface area (Å²) in [5, 5.41) is 0. The first-order chi connectivity index (χ1) is 9.58. The van der Waals surface area contributed by atoms with Crippen LogP contribution in [0.5, 0.6) is 0 Å². The Bertz CT molecular complexity index is 515. The number of halogens is 1. The molecular weight excluding hydrogens is 284 g/mol. The van der Waals surface area contributed by atoms with Crippen molar-refractivity contribution in [3.05, 3.63) is 35.4 Å². The second kappa shape index (κ2) is 6.37. The summed E-state index contributed by atoms with van der Waals surface area (Å²) >= 11 is 0. The lowest BCUT2D eigenvalue weighted by molar-refractivity contribution is -0.139. The molecule has 1 heterocycles. The third kappa shape index (κ3) is 3.24. The lowest BCUT2D eigenvalue weighted by Gasteiger charge is -2.41. The van der Waals surface area contributed by atoms with Crippen molar-refractivity contribution in [2.24, 2.45) is 11.7 Å². The Morgan fingerprint density at radius 2 is 2.00 bits per heavy atom. The van der Waals surface area contributed by atoms with Crippen molar-refractivity contribution in [2.45, 2.75) is 51.1 Å². The number of nitrogens with zero attached hydrogens (tertiary/aromatic N) is 1. The van der Waals surface area contributed by atoms with Gasteiger partial charge in [-0.05, 0) is 37.3 Å². The highest BCUT2D eigenvalue weighted by molar-refractivity contribution is 5.85. The first kappa shape index (κ1) is 16.3. The van der Waals surface area contributed by atoms with Gasteiger partial charge in [-0.3, -0.25) is 4.79 Å². The lowest BCUT2D eigenvalue weighted by Crippen LogP contribution is -2.54. The van der Waals surface area contributed by atoms with Crippen LogP contribution in [0.4, 0.5) is 0 Å². The van der Waals surface area contributed by atoms with Crippen molar-refractivity contribution in [2.75, 3.05) is 6.54 Å². The van der Waals surface area contributed by atoms with Gasteiger partial charge in [-0.25, -0.2) is 0 Å². The molecule has 21 heavy (non-hydrogen) atoms. The minimum absolute atomic E-state index is 0. The van der Waals surface area contributed by atoms with Crippen LogP contribution in [0, 0.1) is 5.92 Å². The van der Waals surface area contributed by atoms with Crippen LogP contribution in [0.3, 0.4) is 0 Å². The van der Waals surface area contributed by atoms with Crippen LogP contribution in [0.25, 0.3) is 0 Å². The zero-order valence-corrected chi connectivity index (χ0v) is 13.5. The Hall–Kier alpha value is -1.06. The summed E-state index contributed by atoms with van der Waals surface area (Å²) in [5.74, 6) is 0.269. The van der Waals surface area contributed by atoms with Crippen LogP contribution in [-0.4, -0.2) is 22.9 Å². The van der Waals surface area contributed by atoms with Gasteiger partial charge in [0.1, 0.15) is 0 Å². The van der Waals surface area contributed by atoms with E-state index in [1.54, 1.807) is 0 Å². The first-order valence-electron chi connectivity index (χ1n) is 7.72. The smallest absolute Gasteiger partial charge is 0.227 e. The fourth-order valence-electron chi connectivity index (χ4n) is 3.67. The maximum Gasteiger partial charge on any atom is 0.227 e. The predicted molar refractivity (Wildman–Crippen MR) is 87.4 cm³/mol. The van der Waals surface area contributed by atoms with Gasteiger partial charge in [0.05, 0.1) is 5.92 Å². The molecule has 2 unspecified atom stereocenters. The molecule has 1 fully saturated rings. The number of benzene rings is 1. The zero-order valence-electron chi connectivity index (χ0n) is 12.7. The van der Waals surface area contributed by atoms with Gasteiger partial charge >= 0.3 is 0 Å². The summed E-state index contributed by atoms with van der Waals surface area (Å²) in [5.41, 5.74) is 8.73. The second-order valence-electron chi connectivity index (χ2n) is 6.58. The molecule has 0 aromatic heterocycles. The third-order valence-electron chi connectivity index (χ3n) is 4.99. The molecule has 0 saturated heterocycles. The van der Waals surface area contributed by atoms with Gasteiger partial charge in [0.25, 0.3) is 0 Å². The Morgan fingerprint density at radius 1 is 1.29 bits per heavy atom. The fourth-order valence-corrected chi connectivity index (χ4v) is 3.67. The second-order valence-corrected chi connectivity index (χ2v) is 6.58. The van der Waals surface area contributed by atoms with Crippen LogP contribution in [-0.2, 0) is 17.8 Å². The molecule has 3 rings (SSSR count). The zero-order chi connectivity index (χ0) is 14.2. The number of hydrogen-bond acceptors (Lipinski definition) is 2. The van der Waals surface area contributed by atoms with Gasteiger partial charge in [0, 0.05) is 18.6 Å². The molecule has 0 spiro atoms. The summed E-state index contributed by atoms with van der Waals surface area (Å²) in [6.45, 7) is 3.64. The summed E-state index contributed by atoms with van der Waals surface area (Å²) in [7, 11) is 0. The van der Waals surface area contributed by atoms with Crippen molar-refractivity contribution in [3.8, 4) is 0 Å². The van der Waals surface area contributed by atoms with Gasteiger partial charge < -0.3 is 10.6 Å². The molecule has 1 amide bonds. The largest absolute Gasteiger partial charge is 0.338 e. The number of nitrogens with two attached hydrogens (primary N) is 1. The number of rotatable bonds is 1. The van der Waals surface area contributed by atoms with E-state index < -0.39 is 0 Å². The van der Waals surface area contributed by atoms with Crippen LogP contribution >= 0.6 is 12.4 Å². The minimum Gasteiger partial charge on any atom is -0.338 e. The van der Waals surface area contributed by atoms with E-state index in [-0.39, 0.29) is 29.8 Å². The van der Waals surface area contributed by atoms with Gasteiger partial charge in [-0.15, -0.1) is 12.4 Å². The lowest BCUT2D eigenvalue weighted by atomic mass is 9.73. The van der Waals surface area contributed by atoms with Crippen molar-refractivity contribution in [1.82, 2.24) is 4.90 Å². The fraction of sp³-hybridized carbons (Fsp3) is 0.588. The normalized spacial score (nSPS) is 28.5. The molecule has 1 saturated carbocycles. The van der Waals surface area contributed by atoms with E-state index in [0.717, 1.165) is 45.2 Å². The monoisotopic (exact) mass is 308 g/mol. The number of carbonyl (C=O) groups excluding carboxylic acids is 1. The maximum atomic E-state index is 12.8. The van der Waals surface area contributed by atoms with Crippen molar-refractivity contribution in [3.63, 3.8) is 0 Å². The number of carbonyl (C=O) groups is 1. The van der Waals surface area contributed by atoms with E-state index in [1.165, 1.54) is 11.1 Å². The van der Waals surface area contributed by atoms with E-state index in [9.17, 15) is 4.79 Å². The van der Waals surface area contributed by atoms with Crippen molar-refractivity contribution < 1.29 is 4.79 Å². The molecule has 2 N–H and O–H groups in total. The standard InChI is InChI=1S/C17H24N2O.ClH/c1-17(18)10-5-4-8-15(17)16(20)19-11-9-13-6-2-3-7-14(13)12-19;/h2-3,6-7,15H,4-5,8-12,18H2,1H3;1H. The number of fused-ring (bicyclic) bond motifs is 1. The SMILES string of the molecule is CC1(N)CCCCC1C(=O)N1CCc2ccccc2C1.Cl. The molecule has 0 bridgehead atoms. The first-order valence-corrected chi connectivity index (χ1v) is 7.72. The average molecular weight is 309 g/mol. The van der Waals surface area contributed by atoms with Crippen LogP contribution in [0.1, 0.15) is 43.7 Å². The molecule has 1 aliphatic heterocycles. The van der Waals surface area contributed by atoms with Crippen molar-refractivity contribution >= 4 is 18.3 Å². The Balaban J connectivity index is 0.00000161. The van der Waals surface area contributed by atoms with Gasteiger partial charge in [0.15, 0.2) is 0 Å². The molecule has 2 atom stereocenters.